The standard InChI is InChI=1S/C19H16FN3O4/c1-11-3-8-15(27-11)19(2)17(24)23(18(25)22-19)9-14-10-26-16(21-14)12-4-6-13(20)7-5-12/h3-8,10H,9H2,1-2H3,(H,22,25)/t19-/m0/s1. The Balaban J connectivity index is 1.55. The molecule has 1 aliphatic rings. The van der Waals surface area contributed by atoms with Crippen molar-refractivity contribution < 1.29 is 22.8 Å². The Morgan fingerprint density at radius 2 is 1.93 bits per heavy atom. The molecule has 0 bridgehead atoms. The van der Waals surface area contributed by atoms with Crippen LogP contribution in [0.3, 0.4) is 0 Å². The number of amides is 3. The Bertz CT molecular complexity index is 1020. The number of hydrogen-bond acceptors (Lipinski definition) is 5. The second-order valence-electron chi connectivity index (χ2n) is 6.51. The van der Waals surface area contributed by atoms with Gasteiger partial charge in [0.1, 0.15) is 23.6 Å². The lowest BCUT2D eigenvalue weighted by molar-refractivity contribution is -0.132. The van der Waals surface area contributed by atoms with Crippen molar-refractivity contribution in [1.29, 1.82) is 0 Å². The van der Waals surface area contributed by atoms with Crippen molar-refractivity contribution in [2.24, 2.45) is 0 Å². The maximum Gasteiger partial charge on any atom is 0.325 e. The number of carbonyl (C=O) groups is 2. The average molecular weight is 369 g/mol. The highest BCUT2D eigenvalue weighted by Crippen LogP contribution is 2.31. The molecular formula is C19H16FN3O4. The van der Waals surface area contributed by atoms with E-state index >= 15 is 0 Å². The number of nitrogens with zero attached hydrogens (tertiary/aromatic N) is 2. The fraction of sp³-hybridized carbons (Fsp3) is 0.211. The van der Waals surface area contributed by atoms with Crippen LogP contribution in [0.1, 0.15) is 24.1 Å². The fourth-order valence-corrected chi connectivity index (χ4v) is 2.98. The van der Waals surface area contributed by atoms with Gasteiger partial charge in [-0.05, 0) is 50.2 Å². The van der Waals surface area contributed by atoms with E-state index in [2.05, 4.69) is 10.3 Å². The lowest BCUT2D eigenvalue weighted by Gasteiger charge is -2.18. The maximum atomic E-state index is 13.0. The van der Waals surface area contributed by atoms with Gasteiger partial charge < -0.3 is 14.2 Å². The number of oxazole rings is 1. The molecule has 1 saturated heterocycles. The fourth-order valence-electron chi connectivity index (χ4n) is 2.98. The minimum atomic E-state index is -1.27. The van der Waals surface area contributed by atoms with Gasteiger partial charge in [-0.25, -0.2) is 14.2 Å². The van der Waals surface area contributed by atoms with Crippen LogP contribution in [0.2, 0.25) is 0 Å². The van der Waals surface area contributed by atoms with Crippen molar-refractivity contribution >= 4 is 11.9 Å². The number of nitrogens with one attached hydrogen (secondary N) is 1. The maximum absolute atomic E-state index is 13.0. The van der Waals surface area contributed by atoms with Gasteiger partial charge in [0.05, 0.1) is 12.2 Å². The average Bonchev–Trinajstić information content (AvgIpc) is 3.33. The van der Waals surface area contributed by atoms with Crippen molar-refractivity contribution in [3.8, 4) is 11.5 Å². The molecule has 7 nitrogen and oxygen atoms in total. The van der Waals surface area contributed by atoms with E-state index in [1.807, 2.05) is 0 Å². The highest BCUT2D eigenvalue weighted by atomic mass is 19.1. The normalized spacial score (nSPS) is 19.6. The van der Waals surface area contributed by atoms with Crippen LogP contribution in [0.5, 0.6) is 0 Å². The summed E-state index contributed by atoms with van der Waals surface area (Å²) in [7, 11) is 0. The van der Waals surface area contributed by atoms with Crippen LogP contribution in [0, 0.1) is 12.7 Å². The minimum Gasteiger partial charge on any atom is -0.463 e. The van der Waals surface area contributed by atoms with E-state index < -0.39 is 17.5 Å². The smallest absolute Gasteiger partial charge is 0.325 e. The molecule has 1 fully saturated rings. The van der Waals surface area contributed by atoms with Gasteiger partial charge in [0.2, 0.25) is 5.89 Å². The van der Waals surface area contributed by atoms with E-state index in [1.165, 1.54) is 30.5 Å². The summed E-state index contributed by atoms with van der Waals surface area (Å²) < 4.78 is 24.0. The van der Waals surface area contributed by atoms with Gasteiger partial charge >= 0.3 is 6.03 Å². The third-order valence-electron chi connectivity index (χ3n) is 4.47. The van der Waals surface area contributed by atoms with Crippen LogP contribution < -0.4 is 5.32 Å². The number of furan rings is 1. The first-order valence-electron chi connectivity index (χ1n) is 8.28. The predicted octanol–water partition coefficient (Wildman–Crippen LogP) is 3.35. The second kappa shape index (κ2) is 6.08. The van der Waals surface area contributed by atoms with E-state index in [0.29, 0.717) is 22.8 Å². The summed E-state index contributed by atoms with van der Waals surface area (Å²) >= 11 is 0. The Kier molecular flexibility index (Phi) is 3.83. The van der Waals surface area contributed by atoms with E-state index in [9.17, 15) is 14.0 Å². The summed E-state index contributed by atoms with van der Waals surface area (Å²) in [6, 6.07) is 8.53. The van der Waals surface area contributed by atoms with Gasteiger partial charge in [-0.15, -0.1) is 0 Å². The van der Waals surface area contributed by atoms with Crippen molar-refractivity contribution in [2.45, 2.75) is 25.9 Å². The van der Waals surface area contributed by atoms with Gasteiger partial charge in [0.15, 0.2) is 5.54 Å². The van der Waals surface area contributed by atoms with Crippen LogP contribution >= 0.6 is 0 Å². The summed E-state index contributed by atoms with van der Waals surface area (Å²) in [6.45, 7) is 3.31. The number of aryl methyl sites for hydroxylation is 1. The lowest BCUT2D eigenvalue weighted by atomic mass is 9.99. The third kappa shape index (κ3) is 2.88. The first kappa shape index (κ1) is 17.0. The first-order valence-corrected chi connectivity index (χ1v) is 8.28. The summed E-state index contributed by atoms with van der Waals surface area (Å²) in [5, 5.41) is 2.67. The number of aromatic nitrogens is 1. The Morgan fingerprint density at radius 3 is 2.59 bits per heavy atom. The zero-order valence-electron chi connectivity index (χ0n) is 14.7. The lowest BCUT2D eigenvalue weighted by Crippen LogP contribution is -2.40. The van der Waals surface area contributed by atoms with Crippen LogP contribution in [0.15, 0.2) is 51.5 Å². The molecule has 2 aromatic heterocycles. The van der Waals surface area contributed by atoms with Gasteiger partial charge in [-0.2, -0.15) is 0 Å². The van der Waals surface area contributed by atoms with Gasteiger partial charge in [0.25, 0.3) is 5.91 Å². The quantitative estimate of drug-likeness (QED) is 0.713. The number of imide groups is 1. The number of hydrogen-bond donors (Lipinski definition) is 1. The van der Waals surface area contributed by atoms with Crippen molar-refractivity contribution in [1.82, 2.24) is 15.2 Å². The highest BCUT2D eigenvalue weighted by Gasteiger charge is 2.51. The van der Waals surface area contributed by atoms with Gasteiger partial charge in [-0.3, -0.25) is 9.69 Å². The monoisotopic (exact) mass is 369 g/mol. The van der Waals surface area contributed by atoms with E-state index in [4.69, 9.17) is 8.83 Å². The molecule has 0 aliphatic carbocycles. The number of benzene rings is 1. The first-order chi connectivity index (χ1) is 12.9. The molecule has 3 heterocycles. The molecule has 0 saturated carbocycles. The SMILES string of the molecule is Cc1ccc([C@]2(C)NC(=O)N(Cc3coc(-c4ccc(F)cc4)n3)C2=O)o1. The molecule has 0 spiro atoms. The summed E-state index contributed by atoms with van der Waals surface area (Å²) in [4.78, 5) is 30.5. The molecule has 1 atom stereocenters. The second-order valence-corrected chi connectivity index (χ2v) is 6.51. The highest BCUT2D eigenvalue weighted by molar-refractivity contribution is 6.06. The molecule has 0 unspecified atom stereocenters. The molecule has 27 heavy (non-hydrogen) atoms. The molecule has 4 rings (SSSR count). The molecule has 8 heteroatoms. The molecule has 138 valence electrons. The molecule has 1 aromatic carbocycles. The molecule has 1 N–H and O–H groups in total. The van der Waals surface area contributed by atoms with Gasteiger partial charge in [-0.1, -0.05) is 0 Å². The van der Waals surface area contributed by atoms with E-state index in [-0.39, 0.29) is 18.3 Å². The predicted molar refractivity (Wildman–Crippen MR) is 91.8 cm³/mol. The van der Waals surface area contributed by atoms with Gasteiger partial charge in [0, 0.05) is 5.56 Å². The van der Waals surface area contributed by atoms with Crippen LogP contribution in [-0.4, -0.2) is 21.8 Å². The molecule has 3 aromatic rings. The van der Waals surface area contributed by atoms with E-state index in [0.717, 1.165) is 4.90 Å². The van der Waals surface area contributed by atoms with Crippen molar-refractivity contribution in [3.05, 3.63) is 65.7 Å². The van der Waals surface area contributed by atoms with Crippen molar-refractivity contribution in [2.75, 3.05) is 0 Å². The summed E-state index contributed by atoms with van der Waals surface area (Å²) in [5.41, 5.74) is -0.275. The largest absolute Gasteiger partial charge is 0.463 e. The van der Waals surface area contributed by atoms with E-state index in [1.54, 1.807) is 26.0 Å². The van der Waals surface area contributed by atoms with Crippen LogP contribution in [0.4, 0.5) is 9.18 Å². The van der Waals surface area contributed by atoms with Crippen molar-refractivity contribution in [3.63, 3.8) is 0 Å². The topological polar surface area (TPSA) is 88.6 Å². The number of carbonyl (C=O) groups excluding carboxylic acids is 2. The molecule has 1 aliphatic heterocycles. The summed E-state index contributed by atoms with van der Waals surface area (Å²) in [6.07, 6.45) is 1.37. The number of halogens is 1. The zero-order valence-corrected chi connectivity index (χ0v) is 14.7. The Hall–Kier alpha value is -3.42. The summed E-state index contributed by atoms with van der Waals surface area (Å²) in [5.74, 6) is 0.493. The molecular weight excluding hydrogens is 353 g/mol. The number of rotatable bonds is 4. The zero-order chi connectivity index (χ0) is 19.2. The third-order valence-corrected chi connectivity index (χ3v) is 4.47. The molecule has 3 amide bonds. The Morgan fingerprint density at radius 1 is 1.19 bits per heavy atom. The van der Waals surface area contributed by atoms with Crippen LogP contribution in [0.25, 0.3) is 11.5 Å². The number of urea groups is 1. The van der Waals surface area contributed by atoms with Crippen LogP contribution in [-0.2, 0) is 16.9 Å². The minimum absolute atomic E-state index is 0.0510. The Labute approximate surface area is 153 Å². The molecule has 0 radical (unpaired) electrons.